The molecule has 0 radical (unpaired) electrons. The summed E-state index contributed by atoms with van der Waals surface area (Å²) >= 11 is 5.58. The van der Waals surface area contributed by atoms with E-state index in [0.29, 0.717) is 34.9 Å². The molecule has 2 aromatic carbocycles. The lowest BCUT2D eigenvalue weighted by molar-refractivity contribution is -0.163. The van der Waals surface area contributed by atoms with Crippen LogP contribution >= 0.6 is 11.6 Å². The molecule has 2 atom stereocenters. The molecule has 2 aromatic rings. The second kappa shape index (κ2) is 11.5. The predicted molar refractivity (Wildman–Crippen MR) is 132 cm³/mol. The SMILES string of the molecule is CC(=O)c1ccc2c(c1)C[C@@H](OC(=O)[C@@H](N)CC(C)C)C(C)(C)O2.NC(=O)c1cccc(Cl)c1. The van der Waals surface area contributed by atoms with E-state index in [-0.39, 0.29) is 5.78 Å². The summed E-state index contributed by atoms with van der Waals surface area (Å²) < 4.78 is 11.7. The van der Waals surface area contributed by atoms with Crippen LogP contribution in [0.2, 0.25) is 5.02 Å². The summed E-state index contributed by atoms with van der Waals surface area (Å²) in [5, 5.41) is 0.524. The Bertz CT molecular complexity index is 1050. The molecule has 0 bridgehead atoms. The maximum atomic E-state index is 12.3. The number of Topliss-reactive ketones (excluding diaryl/α,β-unsaturated/α-hetero) is 1. The Kier molecular flexibility index (Phi) is 9.24. The average Bonchev–Trinajstić information content (AvgIpc) is 2.73. The number of benzene rings is 2. The van der Waals surface area contributed by atoms with Crippen molar-refractivity contribution >= 4 is 29.3 Å². The molecule has 0 aliphatic carbocycles. The monoisotopic (exact) mass is 488 g/mol. The lowest BCUT2D eigenvalue weighted by Gasteiger charge is -2.39. The number of hydrogen-bond donors (Lipinski definition) is 2. The van der Waals surface area contributed by atoms with Crippen molar-refractivity contribution in [2.75, 3.05) is 0 Å². The summed E-state index contributed by atoms with van der Waals surface area (Å²) in [6, 6.07) is 11.3. The van der Waals surface area contributed by atoms with Crippen LogP contribution in [0.3, 0.4) is 0 Å². The van der Waals surface area contributed by atoms with E-state index in [1.54, 1.807) is 30.3 Å². The third-order valence-electron chi connectivity index (χ3n) is 5.42. The Balaban J connectivity index is 0.000000340. The molecular weight excluding hydrogens is 456 g/mol. The summed E-state index contributed by atoms with van der Waals surface area (Å²) in [6.45, 7) is 9.33. The second-order valence-electron chi connectivity index (χ2n) is 9.32. The van der Waals surface area contributed by atoms with Crippen LogP contribution in [-0.4, -0.2) is 35.4 Å². The largest absolute Gasteiger partial charge is 0.484 e. The summed E-state index contributed by atoms with van der Waals surface area (Å²) in [5.41, 5.74) is 12.2. The van der Waals surface area contributed by atoms with Gasteiger partial charge in [-0.2, -0.15) is 0 Å². The molecule has 3 rings (SSSR count). The fraction of sp³-hybridized carbons (Fsp3) is 0.423. The number of ketones is 1. The molecule has 7 nitrogen and oxygen atoms in total. The molecular formula is C26H33ClN2O5. The van der Waals surface area contributed by atoms with E-state index >= 15 is 0 Å². The van der Waals surface area contributed by atoms with E-state index in [0.717, 1.165) is 11.3 Å². The fourth-order valence-corrected chi connectivity index (χ4v) is 3.70. The zero-order valence-electron chi connectivity index (χ0n) is 20.3. The Morgan fingerprint density at radius 1 is 1.15 bits per heavy atom. The van der Waals surface area contributed by atoms with Crippen molar-refractivity contribution in [3.05, 3.63) is 64.2 Å². The zero-order valence-corrected chi connectivity index (χ0v) is 21.0. The van der Waals surface area contributed by atoms with E-state index in [1.165, 1.54) is 13.0 Å². The van der Waals surface area contributed by atoms with Crippen molar-refractivity contribution in [3.63, 3.8) is 0 Å². The van der Waals surface area contributed by atoms with Crippen LogP contribution in [-0.2, 0) is 16.0 Å². The highest BCUT2D eigenvalue weighted by Crippen LogP contribution is 2.35. The standard InChI is InChI=1S/C19H27NO4.C7H6ClNO/c1-11(2)8-15(20)18(22)23-17-10-14-9-13(12(3)21)6-7-16(14)24-19(17,4)5;8-6-3-1-2-5(4-6)7(9)10/h6-7,9,11,15,17H,8,10,20H2,1-5H3;1-4H,(H2,9,10)/t15-,17+;/m0./s1. The van der Waals surface area contributed by atoms with Crippen molar-refractivity contribution in [2.24, 2.45) is 17.4 Å². The van der Waals surface area contributed by atoms with Gasteiger partial charge in [-0.25, -0.2) is 0 Å². The van der Waals surface area contributed by atoms with E-state index in [9.17, 15) is 14.4 Å². The summed E-state index contributed by atoms with van der Waals surface area (Å²) in [6.07, 6.45) is 0.638. The number of rotatable bonds is 6. The number of carbonyl (C=O) groups is 3. The van der Waals surface area contributed by atoms with Gasteiger partial charge in [0.15, 0.2) is 5.78 Å². The van der Waals surface area contributed by atoms with Crippen LogP contribution in [0, 0.1) is 5.92 Å². The van der Waals surface area contributed by atoms with Gasteiger partial charge in [0.1, 0.15) is 23.5 Å². The molecule has 0 unspecified atom stereocenters. The van der Waals surface area contributed by atoms with Gasteiger partial charge in [0.25, 0.3) is 0 Å². The van der Waals surface area contributed by atoms with Crippen molar-refractivity contribution in [2.45, 2.75) is 65.2 Å². The Labute approximate surface area is 205 Å². The molecule has 8 heteroatoms. The lowest BCUT2D eigenvalue weighted by atomic mass is 9.89. The highest BCUT2D eigenvalue weighted by Gasteiger charge is 2.40. The molecule has 0 aromatic heterocycles. The van der Waals surface area contributed by atoms with Crippen molar-refractivity contribution in [1.29, 1.82) is 0 Å². The number of hydrogen-bond acceptors (Lipinski definition) is 6. The topological polar surface area (TPSA) is 122 Å². The zero-order chi connectivity index (χ0) is 25.6. The van der Waals surface area contributed by atoms with Crippen molar-refractivity contribution < 1.29 is 23.9 Å². The van der Waals surface area contributed by atoms with E-state index in [4.69, 9.17) is 32.5 Å². The third-order valence-corrected chi connectivity index (χ3v) is 5.65. The van der Waals surface area contributed by atoms with Crippen LogP contribution < -0.4 is 16.2 Å². The Morgan fingerprint density at radius 2 is 1.82 bits per heavy atom. The smallest absolute Gasteiger partial charge is 0.323 e. The van der Waals surface area contributed by atoms with Gasteiger partial charge in [-0.1, -0.05) is 31.5 Å². The number of ether oxygens (including phenoxy) is 2. The molecule has 1 aliphatic heterocycles. The van der Waals surface area contributed by atoms with Crippen molar-refractivity contribution in [1.82, 2.24) is 0 Å². The third kappa shape index (κ3) is 7.57. The number of carbonyl (C=O) groups excluding carboxylic acids is 3. The average molecular weight is 489 g/mol. The molecule has 4 N–H and O–H groups in total. The number of primary amides is 1. The van der Waals surface area contributed by atoms with Gasteiger partial charge in [-0.15, -0.1) is 0 Å². The minimum absolute atomic E-state index is 0.00451. The first-order chi connectivity index (χ1) is 15.8. The maximum Gasteiger partial charge on any atom is 0.323 e. The summed E-state index contributed by atoms with van der Waals surface area (Å²) in [7, 11) is 0. The van der Waals surface area contributed by atoms with E-state index in [1.807, 2.05) is 33.8 Å². The molecule has 0 saturated carbocycles. The summed E-state index contributed by atoms with van der Waals surface area (Å²) in [5.74, 6) is 0.181. The van der Waals surface area contributed by atoms with Crippen molar-refractivity contribution in [3.8, 4) is 5.75 Å². The highest BCUT2D eigenvalue weighted by molar-refractivity contribution is 6.30. The van der Waals surface area contributed by atoms with Crippen LogP contribution in [0.4, 0.5) is 0 Å². The predicted octanol–water partition coefficient (Wildman–Crippen LogP) is 4.33. The summed E-state index contributed by atoms with van der Waals surface area (Å²) in [4.78, 5) is 34.3. The molecule has 1 heterocycles. The van der Waals surface area contributed by atoms with Gasteiger partial charge in [-0.05, 0) is 75.1 Å². The molecule has 1 aliphatic rings. The second-order valence-corrected chi connectivity index (χ2v) is 9.76. The first-order valence-electron chi connectivity index (χ1n) is 11.1. The molecule has 184 valence electrons. The molecule has 1 amide bonds. The maximum absolute atomic E-state index is 12.3. The minimum Gasteiger partial charge on any atom is -0.484 e. The minimum atomic E-state index is -0.655. The van der Waals surface area contributed by atoms with Crippen LogP contribution in [0.5, 0.6) is 5.75 Å². The first kappa shape index (κ1) is 27.3. The Morgan fingerprint density at radius 3 is 2.35 bits per heavy atom. The van der Waals surface area contributed by atoms with Gasteiger partial charge in [0.05, 0.1) is 0 Å². The normalized spacial score (nSPS) is 16.9. The highest BCUT2D eigenvalue weighted by atomic mass is 35.5. The van der Waals surface area contributed by atoms with Gasteiger partial charge >= 0.3 is 5.97 Å². The Hall–Kier alpha value is -2.90. The number of esters is 1. The molecule has 0 spiro atoms. The molecule has 0 saturated heterocycles. The van der Waals surface area contributed by atoms with Crippen LogP contribution in [0.25, 0.3) is 0 Å². The van der Waals surface area contributed by atoms with Gasteiger partial charge < -0.3 is 20.9 Å². The first-order valence-corrected chi connectivity index (χ1v) is 11.5. The van der Waals surface area contributed by atoms with Gasteiger partial charge in [-0.3, -0.25) is 14.4 Å². The van der Waals surface area contributed by atoms with E-state index in [2.05, 4.69) is 0 Å². The van der Waals surface area contributed by atoms with Crippen LogP contribution in [0.1, 0.15) is 67.3 Å². The fourth-order valence-electron chi connectivity index (χ4n) is 3.51. The van der Waals surface area contributed by atoms with E-state index < -0.39 is 29.6 Å². The number of nitrogens with two attached hydrogens (primary N) is 2. The molecule has 0 fully saturated rings. The quantitative estimate of drug-likeness (QED) is 0.461. The van der Waals surface area contributed by atoms with Crippen LogP contribution in [0.15, 0.2) is 42.5 Å². The lowest BCUT2D eigenvalue weighted by Crippen LogP contribution is -2.50. The number of amides is 1. The van der Waals surface area contributed by atoms with Gasteiger partial charge in [0.2, 0.25) is 5.91 Å². The number of fused-ring (bicyclic) bond motifs is 1. The molecule has 34 heavy (non-hydrogen) atoms. The van der Waals surface area contributed by atoms with Gasteiger partial charge in [0, 0.05) is 22.6 Å². The number of halogens is 1.